The number of hydrogen-bond acceptors (Lipinski definition) is 4. The summed E-state index contributed by atoms with van der Waals surface area (Å²) in [4.78, 5) is 49.2. The lowest BCUT2D eigenvalue weighted by atomic mass is 10.0. The molecule has 1 saturated heterocycles. The van der Waals surface area contributed by atoms with Crippen LogP contribution in [0.25, 0.3) is 0 Å². The van der Waals surface area contributed by atoms with E-state index in [1.165, 1.54) is 0 Å². The second kappa shape index (κ2) is 10.4. The number of rotatable bonds is 8. The summed E-state index contributed by atoms with van der Waals surface area (Å²) < 4.78 is 0.948. The van der Waals surface area contributed by atoms with Gasteiger partial charge >= 0.3 is 0 Å². The third kappa shape index (κ3) is 6.27. The third-order valence-electron chi connectivity index (χ3n) is 5.00. The molecule has 31 heavy (non-hydrogen) atoms. The Bertz CT molecular complexity index is 982. The van der Waals surface area contributed by atoms with E-state index in [0.29, 0.717) is 6.42 Å². The van der Waals surface area contributed by atoms with E-state index in [9.17, 15) is 19.2 Å². The van der Waals surface area contributed by atoms with Gasteiger partial charge in [-0.25, -0.2) is 0 Å². The fourth-order valence-corrected chi connectivity index (χ4v) is 3.97. The van der Waals surface area contributed by atoms with Crippen molar-refractivity contribution in [3.63, 3.8) is 0 Å². The fraction of sp³-hybridized carbons (Fsp3) is 0.273. The number of amides is 4. The lowest BCUT2D eigenvalue weighted by molar-refractivity contribution is -0.138. The number of primary amides is 1. The molecule has 0 aliphatic carbocycles. The molecule has 5 N–H and O–H groups in total. The maximum Gasteiger partial charge on any atom is 0.243 e. The minimum absolute atomic E-state index is 0.239. The summed E-state index contributed by atoms with van der Waals surface area (Å²) in [5, 5.41) is 7.85. The third-order valence-corrected chi connectivity index (χ3v) is 6.05. The minimum atomic E-state index is -1.01. The molecule has 162 valence electrons. The molecule has 2 aromatic carbocycles. The van der Waals surface area contributed by atoms with E-state index < -0.39 is 35.8 Å². The van der Waals surface area contributed by atoms with Gasteiger partial charge in [-0.15, -0.1) is 0 Å². The van der Waals surface area contributed by atoms with E-state index in [0.717, 1.165) is 14.7 Å². The van der Waals surface area contributed by atoms with Crippen molar-refractivity contribution in [2.24, 2.45) is 5.73 Å². The molecule has 0 unspecified atom stereocenters. The maximum absolute atomic E-state index is 12.5. The van der Waals surface area contributed by atoms with Crippen molar-refractivity contribution < 1.29 is 19.2 Å². The lowest BCUT2D eigenvalue weighted by Gasteiger charge is -2.29. The summed E-state index contributed by atoms with van der Waals surface area (Å²) in [6, 6.07) is 14.2. The van der Waals surface area contributed by atoms with Gasteiger partial charge < -0.3 is 21.7 Å². The number of piperazine rings is 1. The standard InChI is InChI=1S/C22H23IN4O4/c23-15-9-5-4-8-14(15)11-16(20(24)29)25-19(28)12-18-22(31)26-17(21(30)27-18)10-13-6-2-1-3-7-13/h1-9,16-18H,10-12H2,(H2,24,29)(H,25,28)(H,26,31)(H,27,30)/t16-,17+,18+/m1/s1. The molecule has 1 fully saturated rings. The molecule has 4 amide bonds. The van der Waals surface area contributed by atoms with E-state index in [4.69, 9.17) is 5.73 Å². The zero-order valence-electron chi connectivity index (χ0n) is 16.6. The summed E-state index contributed by atoms with van der Waals surface area (Å²) in [7, 11) is 0. The maximum atomic E-state index is 12.5. The molecule has 0 saturated carbocycles. The number of carbonyl (C=O) groups is 4. The van der Waals surface area contributed by atoms with Crippen LogP contribution in [-0.2, 0) is 32.0 Å². The van der Waals surface area contributed by atoms with E-state index in [1.54, 1.807) is 0 Å². The van der Waals surface area contributed by atoms with Gasteiger partial charge in [-0.05, 0) is 39.8 Å². The number of carbonyl (C=O) groups excluding carboxylic acids is 4. The Morgan fingerprint density at radius 1 is 0.968 bits per heavy atom. The Labute approximate surface area is 193 Å². The van der Waals surface area contributed by atoms with E-state index in [2.05, 4.69) is 38.5 Å². The predicted molar refractivity (Wildman–Crippen MR) is 123 cm³/mol. The van der Waals surface area contributed by atoms with Gasteiger partial charge in [-0.1, -0.05) is 48.5 Å². The van der Waals surface area contributed by atoms with Gasteiger partial charge in [0.1, 0.15) is 18.1 Å². The molecule has 3 atom stereocenters. The molecule has 0 aromatic heterocycles. The van der Waals surface area contributed by atoms with Crippen LogP contribution in [0.4, 0.5) is 0 Å². The Morgan fingerprint density at radius 3 is 2.26 bits per heavy atom. The lowest BCUT2D eigenvalue weighted by Crippen LogP contribution is -2.63. The summed E-state index contributed by atoms with van der Waals surface area (Å²) >= 11 is 2.14. The highest BCUT2D eigenvalue weighted by atomic mass is 127. The van der Waals surface area contributed by atoms with Gasteiger partial charge in [-0.2, -0.15) is 0 Å². The van der Waals surface area contributed by atoms with Crippen LogP contribution < -0.4 is 21.7 Å². The predicted octanol–water partition coefficient (Wildman–Crippen LogP) is 0.420. The Hall–Kier alpha value is -2.95. The van der Waals surface area contributed by atoms with Gasteiger partial charge in [-0.3, -0.25) is 19.2 Å². The van der Waals surface area contributed by atoms with Crippen LogP contribution in [0.1, 0.15) is 17.5 Å². The van der Waals surface area contributed by atoms with Crippen LogP contribution in [0.15, 0.2) is 54.6 Å². The minimum Gasteiger partial charge on any atom is -0.368 e. The molecular formula is C22H23IN4O4. The van der Waals surface area contributed by atoms with Gasteiger partial charge in [0.15, 0.2) is 0 Å². The zero-order chi connectivity index (χ0) is 22.4. The number of benzene rings is 2. The smallest absolute Gasteiger partial charge is 0.243 e. The van der Waals surface area contributed by atoms with Crippen LogP contribution in [0.3, 0.4) is 0 Å². The quantitative estimate of drug-likeness (QED) is 0.366. The highest BCUT2D eigenvalue weighted by Crippen LogP contribution is 2.14. The van der Waals surface area contributed by atoms with Gasteiger partial charge in [0.05, 0.1) is 6.42 Å². The molecule has 8 nitrogen and oxygen atoms in total. The molecule has 9 heteroatoms. The molecule has 0 bridgehead atoms. The van der Waals surface area contributed by atoms with Crippen molar-refractivity contribution in [1.82, 2.24) is 16.0 Å². The second-order valence-electron chi connectivity index (χ2n) is 7.33. The Balaban J connectivity index is 1.57. The number of nitrogens with two attached hydrogens (primary N) is 1. The molecule has 0 radical (unpaired) electrons. The summed E-state index contributed by atoms with van der Waals surface area (Å²) in [6.45, 7) is 0. The SMILES string of the molecule is NC(=O)[C@@H](Cc1ccccc1I)NC(=O)C[C@@H]1NC(=O)[C@H](Cc2ccccc2)NC1=O. The van der Waals surface area contributed by atoms with Crippen molar-refractivity contribution >= 4 is 46.2 Å². The van der Waals surface area contributed by atoms with Gasteiger partial charge in [0.25, 0.3) is 0 Å². The van der Waals surface area contributed by atoms with Crippen LogP contribution in [-0.4, -0.2) is 41.8 Å². The first kappa shape index (κ1) is 22.7. The molecule has 1 aliphatic heterocycles. The molecule has 1 heterocycles. The molecule has 1 aliphatic rings. The van der Waals surface area contributed by atoms with Crippen molar-refractivity contribution in [3.8, 4) is 0 Å². The first-order valence-corrected chi connectivity index (χ1v) is 10.9. The second-order valence-corrected chi connectivity index (χ2v) is 8.50. The Kier molecular flexibility index (Phi) is 7.61. The van der Waals surface area contributed by atoms with E-state index in [-0.39, 0.29) is 18.7 Å². The molecule has 3 rings (SSSR count). The topological polar surface area (TPSA) is 130 Å². The average Bonchev–Trinajstić information content (AvgIpc) is 2.73. The van der Waals surface area contributed by atoms with Crippen LogP contribution in [0.2, 0.25) is 0 Å². The molecular weight excluding hydrogens is 511 g/mol. The monoisotopic (exact) mass is 534 g/mol. The van der Waals surface area contributed by atoms with Crippen molar-refractivity contribution in [2.45, 2.75) is 37.4 Å². The molecule has 2 aromatic rings. The van der Waals surface area contributed by atoms with Crippen molar-refractivity contribution in [1.29, 1.82) is 0 Å². The summed E-state index contributed by atoms with van der Waals surface area (Å²) in [5.41, 5.74) is 7.24. The highest BCUT2D eigenvalue weighted by Gasteiger charge is 2.35. The van der Waals surface area contributed by atoms with Crippen LogP contribution in [0.5, 0.6) is 0 Å². The fourth-order valence-electron chi connectivity index (χ4n) is 3.36. The number of hydrogen-bond donors (Lipinski definition) is 4. The first-order chi connectivity index (χ1) is 14.8. The van der Waals surface area contributed by atoms with Crippen LogP contribution in [0, 0.1) is 3.57 Å². The first-order valence-electron chi connectivity index (χ1n) is 9.80. The van der Waals surface area contributed by atoms with E-state index >= 15 is 0 Å². The Morgan fingerprint density at radius 2 is 1.58 bits per heavy atom. The van der Waals surface area contributed by atoms with Crippen LogP contribution >= 0.6 is 22.6 Å². The molecule has 0 spiro atoms. The number of nitrogens with one attached hydrogen (secondary N) is 3. The van der Waals surface area contributed by atoms with Gasteiger partial charge in [0, 0.05) is 16.4 Å². The van der Waals surface area contributed by atoms with Crippen molar-refractivity contribution in [3.05, 3.63) is 69.3 Å². The average molecular weight is 534 g/mol. The van der Waals surface area contributed by atoms with Gasteiger partial charge in [0.2, 0.25) is 23.6 Å². The number of halogens is 1. The van der Waals surface area contributed by atoms with E-state index in [1.807, 2.05) is 54.6 Å². The largest absolute Gasteiger partial charge is 0.368 e. The zero-order valence-corrected chi connectivity index (χ0v) is 18.8. The summed E-state index contributed by atoms with van der Waals surface area (Å²) in [5.74, 6) is -2.01. The highest BCUT2D eigenvalue weighted by molar-refractivity contribution is 14.1. The normalized spacial score (nSPS) is 19.1. The van der Waals surface area contributed by atoms with Crippen molar-refractivity contribution in [2.75, 3.05) is 0 Å². The summed E-state index contributed by atoms with van der Waals surface area (Å²) in [6.07, 6.45) is 0.310.